The highest BCUT2D eigenvalue weighted by Crippen LogP contribution is 2.30. The van der Waals surface area contributed by atoms with Gasteiger partial charge in [-0.1, -0.05) is 23.2 Å². The molecule has 33 heavy (non-hydrogen) atoms. The number of aliphatic hydroxyl groups is 1. The lowest BCUT2D eigenvalue weighted by atomic mass is 10.1. The van der Waals surface area contributed by atoms with Gasteiger partial charge in [-0.2, -0.15) is 0 Å². The van der Waals surface area contributed by atoms with Gasteiger partial charge in [0.05, 0.1) is 21.3 Å². The molecule has 0 saturated carbocycles. The van der Waals surface area contributed by atoms with Crippen LogP contribution >= 0.6 is 23.2 Å². The van der Waals surface area contributed by atoms with Crippen molar-refractivity contribution in [1.29, 1.82) is 0 Å². The molecule has 1 heterocycles. The Balaban J connectivity index is 2.03. The minimum absolute atomic E-state index is 0.0130. The molecule has 2 N–H and O–H groups in total. The predicted octanol–water partition coefficient (Wildman–Crippen LogP) is 5.52. The molecular formula is C22H18Cl2F3N3O3. The van der Waals surface area contributed by atoms with E-state index in [2.05, 4.69) is 20.0 Å². The Morgan fingerprint density at radius 1 is 1.00 bits per heavy atom. The summed E-state index contributed by atoms with van der Waals surface area (Å²) < 4.78 is 41.2. The number of nitrogens with zero attached hydrogens (tertiary/aromatic N) is 2. The Labute approximate surface area is 197 Å². The van der Waals surface area contributed by atoms with Crippen molar-refractivity contribution in [1.82, 2.24) is 15.3 Å². The minimum Gasteiger partial charge on any atom is -0.406 e. The average molecular weight is 500 g/mol. The number of rotatable bonds is 6. The standard InChI is InChI=1S/C22H18Cl2F3N3O3/c1-21(2,32)11-28-20(31)18-10-17(12-3-6-14(7-4-12)33-22(25,26)27)29-19(30-18)13-5-8-15(23)16(24)9-13/h3-10,32H,11H2,1-2H3,(H,28,31). The van der Waals surface area contributed by atoms with E-state index >= 15 is 0 Å². The van der Waals surface area contributed by atoms with Crippen LogP contribution in [0, 0.1) is 0 Å². The number of nitrogens with one attached hydrogen (secondary N) is 1. The van der Waals surface area contributed by atoms with Crippen LogP contribution in [0.2, 0.25) is 10.0 Å². The van der Waals surface area contributed by atoms with E-state index in [-0.39, 0.29) is 28.8 Å². The number of carbonyl (C=O) groups is 1. The summed E-state index contributed by atoms with van der Waals surface area (Å²) in [7, 11) is 0. The number of halogens is 5. The Morgan fingerprint density at radius 3 is 2.21 bits per heavy atom. The summed E-state index contributed by atoms with van der Waals surface area (Å²) in [6.07, 6.45) is -4.82. The third kappa shape index (κ3) is 7.05. The molecule has 0 fully saturated rings. The second-order valence-electron chi connectivity index (χ2n) is 7.66. The van der Waals surface area contributed by atoms with Crippen molar-refractivity contribution in [3.8, 4) is 28.4 Å². The van der Waals surface area contributed by atoms with Crippen molar-refractivity contribution in [2.45, 2.75) is 25.8 Å². The third-order valence-corrected chi connectivity index (χ3v) is 4.94. The van der Waals surface area contributed by atoms with Crippen LogP contribution in [0.3, 0.4) is 0 Å². The monoisotopic (exact) mass is 499 g/mol. The van der Waals surface area contributed by atoms with E-state index in [9.17, 15) is 23.1 Å². The number of carbonyl (C=O) groups excluding carboxylic acids is 1. The van der Waals surface area contributed by atoms with Gasteiger partial charge in [0, 0.05) is 17.7 Å². The molecule has 0 spiro atoms. The van der Waals surface area contributed by atoms with Crippen LogP contribution in [0.25, 0.3) is 22.6 Å². The molecule has 0 atom stereocenters. The highest BCUT2D eigenvalue weighted by Gasteiger charge is 2.31. The summed E-state index contributed by atoms with van der Waals surface area (Å²) in [5.41, 5.74) is 0.00962. The Kier molecular flexibility index (Phi) is 7.16. The molecule has 174 valence electrons. The van der Waals surface area contributed by atoms with Crippen molar-refractivity contribution in [2.24, 2.45) is 0 Å². The molecule has 2 aromatic carbocycles. The lowest BCUT2D eigenvalue weighted by Gasteiger charge is -2.17. The molecule has 0 aliphatic rings. The number of benzene rings is 2. The molecule has 11 heteroatoms. The molecule has 0 unspecified atom stereocenters. The lowest BCUT2D eigenvalue weighted by Crippen LogP contribution is -2.38. The van der Waals surface area contributed by atoms with Crippen LogP contribution in [0.4, 0.5) is 13.2 Å². The van der Waals surface area contributed by atoms with Gasteiger partial charge in [-0.15, -0.1) is 13.2 Å². The summed E-state index contributed by atoms with van der Waals surface area (Å²) in [6.45, 7) is 3.03. The molecule has 3 rings (SSSR count). The molecule has 1 aromatic heterocycles. The fourth-order valence-corrected chi connectivity index (χ4v) is 2.99. The molecule has 6 nitrogen and oxygen atoms in total. The van der Waals surface area contributed by atoms with E-state index in [1.54, 1.807) is 12.1 Å². The summed E-state index contributed by atoms with van der Waals surface area (Å²) in [5, 5.41) is 13.0. The molecular weight excluding hydrogens is 482 g/mol. The topological polar surface area (TPSA) is 84.3 Å². The zero-order chi connectivity index (χ0) is 24.4. The maximum absolute atomic E-state index is 12.7. The van der Waals surface area contributed by atoms with Gasteiger partial charge in [-0.25, -0.2) is 9.97 Å². The number of aromatic nitrogens is 2. The first-order valence-corrected chi connectivity index (χ1v) is 10.3. The maximum atomic E-state index is 12.7. The summed E-state index contributed by atoms with van der Waals surface area (Å²) >= 11 is 12.1. The van der Waals surface area contributed by atoms with Gasteiger partial charge in [-0.3, -0.25) is 4.79 Å². The van der Waals surface area contributed by atoms with Crippen LogP contribution in [0.15, 0.2) is 48.5 Å². The van der Waals surface area contributed by atoms with E-state index in [1.807, 2.05) is 0 Å². The summed E-state index contributed by atoms with van der Waals surface area (Å²) in [4.78, 5) is 21.4. The van der Waals surface area contributed by atoms with Gasteiger partial charge in [0.1, 0.15) is 11.4 Å². The zero-order valence-electron chi connectivity index (χ0n) is 17.4. The number of hydrogen-bond acceptors (Lipinski definition) is 5. The van der Waals surface area contributed by atoms with Gasteiger partial charge in [0.25, 0.3) is 5.91 Å². The number of ether oxygens (including phenoxy) is 1. The van der Waals surface area contributed by atoms with Crippen LogP contribution in [0.1, 0.15) is 24.3 Å². The Bertz CT molecular complexity index is 1160. The van der Waals surface area contributed by atoms with Gasteiger partial charge >= 0.3 is 6.36 Å². The molecule has 3 aromatic rings. The zero-order valence-corrected chi connectivity index (χ0v) is 18.9. The van der Waals surface area contributed by atoms with Crippen LogP contribution in [-0.4, -0.2) is 39.5 Å². The molecule has 0 radical (unpaired) electrons. The van der Waals surface area contributed by atoms with E-state index in [0.29, 0.717) is 16.1 Å². The third-order valence-electron chi connectivity index (χ3n) is 4.20. The molecule has 1 amide bonds. The van der Waals surface area contributed by atoms with Crippen LogP contribution in [-0.2, 0) is 0 Å². The predicted molar refractivity (Wildman–Crippen MR) is 118 cm³/mol. The largest absolute Gasteiger partial charge is 0.573 e. The van der Waals surface area contributed by atoms with Gasteiger partial charge in [0.2, 0.25) is 0 Å². The van der Waals surface area contributed by atoms with E-state index in [1.165, 1.54) is 38.1 Å². The normalized spacial score (nSPS) is 11.9. The molecule has 0 aliphatic heterocycles. The van der Waals surface area contributed by atoms with Crippen molar-refractivity contribution in [3.63, 3.8) is 0 Å². The van der Waals surface area contributed by atoms with E-state index in [0.717, 1.165) is 12.1 Å². The molecule has 0 saturated heterocycles. The first-order valence-electron chi connectivity index (χ1n) is 9.52. The maximum Gasteiger partial charge on any atom is 0.573 e. The van der Waals surface area contributed by atoms with Crippen molar-refractivity contribution in [3.05, 3.63) is 64.3 Å². The SMILES string of the molecule is CC(C)(O)CNC(=O)c1cc(-c2ccc(OC(F)(F)F)cc2)nc(-c2ccc(Cl)c(Cl)c2)n1. The van der Waals surface area contributed by atoms with Crippen molar-refractivity contribution < 1.29 is 27.8 Å². The smallest absolute Gasteiger partial charge is 0.406 e. The minimum atomic E-state index is -4.82. The Hall–Kier alpha value is -2.88. The highest BCUT2D eigenvalue weighted by atomic mass is 35.5. The lowest BCUT2D eigenvalue weighted by molar-refractivity contribution is -0.274. The van der Waals surface area contributed by atoms with Crippen LogP contribution in [0.5, 0.6) is 5.75 Å². The van der Waals surface area contributed by atoms with Gasteiger partial charge in [0.15, 0.2) is 5.82 Å². The van der Waals surface area contributed by atoms with E-state index < -0.39 is 23.6 Å². The second kappa shape index (κ2) is 9.54. The number of amides is 1. The van der Waals surface area contributed by atoms with E-state index in [4.69, 9.17) is 23.2 Å². The fraction of sp³-hybridized carbons (Fsp3) is 0.227. The first kappa shape index (κ1) is 24.8. The summed E-state index contributed by atoms with van der Waals surface area (Å²) in [5.74, 6) is -0.817. The average Bonchev–Trinajstić information content (AvgIpc) is 2.72. The van der Waals surface area contributed by atoms with Gasteiger partial charge < -0.3 is 15.2 Å². The fourth-order valence-electron chi connectivity index (χ4n) is 2.69. The second-order valence-corrected chi connectivity index (χ2v) is 8.47. The summed E-state index contributed by atoms with van der Waals surface area (Å²) in [6, 6.07) is 11.1. The Morgan fingerprint density at radius 2 is 1.64 bits per heavy atom. The van der Waals surface area contributed by atoms with Crippen LogP contribution < -0.4 is 10.1 Å². The highest BCUT2D eigenvalue weighted by molar-refractivity contribution is 6.42. The number of alkyl halides is 3. The quantitative estimate of drug-likeness (QED) is 0.466. The number of hydrogen-bond donors (Lipinski definition) is 2. The van der Waals surface area contributed by atoms with Crippen molar-refractivity contribution >= 4 is 29.1 Å². The van der Waals surface area contributed by atoms with Crippen molar-refractivity contribution in [2.75, 3.05) is 6.54 Å². The van der Waals surface area contributed by atoms with Gasteiger partial charge in [-0.05, 0) is 62.4 Å². The molecule has 0 bridgehead atoms. The first-order chi connectivity index (χ1) is 15.3. The molecule has 0 aliphatic carbocycles.